The van der Waals surface area contributed by atoms with Crippen LogP contribution in [0, 0.1) is 0 Å². The van der Waals surface area contributed by atoms with E-state index in [2.05, 4.69) is 20.7 Å². The number of phenolic OH excluding ortho intramolecular Hbond substituents is 1. The maximum atomic E-state index is 12.2. The molecule has 0 aliphatic heterocycles. The molecule has 3 rings (SSSR count). The summed E-state index contributed by atoms with van der Waals surface area (Å²) in [4.78, 5) is 23.3. The first-order chi connectivity index (χ1) is 12.1. The van der Waals surface area contributed by atoms with Gasteiger partial charge in [-0.3, -0.25) is 5.32 Å². The van der Waals surface area contributed by atoms with Crippen molar-refractivity contribution >= 4 is 23.5 Å². The van der Waals surface area contributed by atoms with E-state index in [0.29, 0.717) is 11.4 Å². The lowest BCUT2D eigenvalue weighted by molar-refractivity contribution is 0.187. The Kier molecular flexibility index (Phi) is 4.74. The van der Waals surface area contributed by atoms with Crippen LogP contribution in [-0.4, -0.2) is 24.3 Å². The third-order valence-electron chi connectivity index (χ3n) is 4.13. The summed E-state index contributed by atoms with van der Waals surface area (Å²) in [5.41, 5.74) is 3.01. The highest BCUT2D eigenvalue weighted by molar-refractivity contribution is 5.90. The van der Waals surface area contributed by atoms with Gasteiger partial charge in [0.2, 0.25) is 0 Å². The number of nitrogens with one attached hydrogen (secondary N) is 3. The molecule has 0 saturated carbocycles. The van der Waals surface area contributed by atoms with Crippen LogP contribution in [-0.2, 0) is 11.2 Å². The Hall–Kier alpha value is -3.22. The number of amides is 3. The molecule has 0 aromatic heterocycles. The van der Waals surface area contributed by atoms with Gasteiger partial charge in [0.25, 0.3) is 0 Å². The molecule has 3 amide bonds. The number of urea groups is 1. The molecule has 2 aromatic carbocycles. The van der Waals surface area contributed by atoms with Crippen LogP contribution in [0.2, 0.25) is 0 Å². The minimum absolute atomic E-state index is 0.123. The third-order valence-corrected chi connectivity index (χ3v) is 4.13. The average molecular weight is 341 g/mol. The van der Waals surface area contributed by atoms with Gasteiger partial charge in [-0.05, 0) is 54.3 Å². The molecule has 4 N–H and O–H groups in total. The Labute approximate surface area is 145 Å². The molecule has 2 aromatic rings. The standard InChI is InChI=1S/C18H19N3O4/c1-25-18(24)20-12-7-5-11(6-8-12)19-17(23)21-15-10-9-14-13(15)3-2-4-16(14)22/h2-8,15,22H,9-10H2,1H3,(H,20,24)(H2,19,21,23)/t15-/m0/s1. The van der Waals surface area contributed by atoms with E-state index in [1.807, 2.05) is 6.07 Å². The second kappa shape index (κ2) is 7.12. The molecule has 7 heteroatoms. The van der Waals surface area contributed by atoms with Crippen LogP contribution in [0.1, 0.15) is 23.6 Å². The fourth-order valence-electron chi connectivity index (χ4n) is 2.92. The van der Waals surface area contributed by atoms with E-state index < -0.39 is 6.09 Å². The number of hydrogen-bond donors (Lipinski definition) is 4. The van der Waals surface area contributed by atoms with Gasteiger partial charge in [0.1, 0.15) is 5.75 Å². The zero-order valence-corrected chi connectivity index (χ0v) is 13.7. The molecule has 1 aliphatic carbocycles. The zero-order valence-electron chi connectivity index (χ0n) is 13.7. The molecule has 0 unspecified atom stereocenters. The van der Waals surface area contributed by atoms with Gasteiger partial charge in [-0.1, -0.05) is 12.1 Å². The number of methoxy groups -OCH3 is 1. The number of carbonyl (C=O) groups is 2. The van der Waals surface area contributed by atoms with Gasteiger partial charge in [-0.15, -0.1) is 0 Å². The predicted octanol–water partition coefficient (Wildman–Crippen LogP) is 3.38. The second-order valence-corrected chi connectivity index (χ2v) is 5.73. The minimum Gasteiger partial charge on any atom is -0.508 e. The number of rotatable bonds is 3. The molecule has 0 spiro atoms. The Morgan fingerprint density at radius 2 is 1.76 bits per heavy atom. The van der Waals surface area contributed by atoms with Crippen LogP contribution in [0.25, 0.3) is 0 Å². The molecule has 0 fully saturated rings. The van der Waals surface area contributed by atoms with E-state index in [9.17, 15) is 14.7 Å². The maximum Gasteiger partial charge on any atom is 0.411 e. The molecule has 25 heavy (non-hydrogen) atoms. The second-order valence-electron chi connectivity index (χ2n) is 5.73. The van der Waals surface area contributed by atoms with E-state index in [-0.39, 0.29) is 17.8 Å². The van der Waals surface area contributed by atoms with E-state index in [4.69, 9.17) is 0 Å². The number of phenols is 1. The number of anilines is 2. The van der Waals surface area contributed by atoms with Crippen molar-refractivity contribution in [1.29, 1.82) is 0 Å². The summed E-state index contributed by atoms with van der Waals surface area (Å²) < 4.78 is 4.51. The van der Waals surface area contributed by atoms with Crippen LogP contribution >= 0.6 is 0 Å². The van der Waals surface area contributed by atoms with Crippen LogP contribution in [0.5, 0.6) is 5.75 Å². The van der Waals surface area contributed by atoms with Crippen molar-refractivity contribution < 1.29 is 19.4 Å². The molecule has 0 saturated heterocycles. The third kappa shape index (κ3) is 3.82. The summed E-state index contributed by atoms with van der Waals surface area (Å²) in [6.07, 6.45) is 0.935. The number of carbonyl (C=O) groups excluding carboxylic acids is 2. The Morgan fingerprint density at radius 1 is 1.08 bits per heavy atom. The Bertz CT molecular complexity index is 789. The molecule has 0 bridgehead atoms. The summed E-state index contributed by atoms with van der Waals surface area (Å²) in [6, 6.07) is 11.6. The van der Waals surface area contributed by atoms with E-state index >= 15 is 0 Å². The quantitative estimate of drug-likeness (QED) is 0.687. The lowest BCUT2D eigenvalue weighted by atomic mass is 10.1. The number of benzene rings is 2. The molecular weight excluding hydrogens is 322 g/mol. The number of hydrogen-bond acceptors (Lipinski definition) is 4. The summed E-state index contributed by atoms with van der Waals surface area (Å²) in [6.45, 7) is 0. The normalized spacial score (nSPS) is 15.2. The SMILES string of the molecule is COC(=O)Nc1ccc(NC(=O)N[C@H]2CCc3c(O)cccc32)cc1. The van der Waals surface area contributed by atoms with Crippen LogP contribution < -0.4 is 16.0 Å². The van der Waals surface area contributed by atoms with Crippen molar-refractivity contribution in [2.75, 3.05) is 17.7 Å². The zero-order chi connectivity index (χ0) is 17.8. The fraction of sp³-hybridized carbons (Fsp3) is 0.222. The van der Waals surface area contributed by atoms with Gasteiger partial charge in [0.05, 0.1) is 13.2 Å². The maximum absolute atomic E-state index is 12.2. The molecule has 0 radical (unpaired) electrons. The fourth-order valence-corrected chi connectivity index (χ4v) is 2.92. The topological polar surface area (TPSA) is 99.7 Å². The van der Waals surface area contributed by atoms with Gasteiger partial charge in [-0.2, -0.15) is 0 Å². The number of fused-ring (bicyclic) bond motifs is 1. The lowest BCUT2D eigenvalue weighted by Crippen LogP contribution is -2.31. The monoisotopic (exact) mass is 341 g/mol. The average Bonchev–Trinajstić information content (AvgIpc) is 3.01. The van der Waals surface area contributed by atoms with Gasteiger partial charge < -0.3 is 20.5 Å². The highest BCUT2D eigenvalue weighted by atomic mass is 16.5. The largest absolute Gasteiger partial charge is 0.508 e. The molecule has 7 nitrogen and oxygen atoms in total. The van der Waals surface area contributed by atoms with Crippen molar-refractivity contribution in [3.05, 3.63) is 53.6 Å². The minimum atomic E-state index is -0.554. The van der Waals surface area contributed by atoms with E-state index in [0.717, 1.165) is 24.0 Å². The van der Waals surface area contributed by atoms with Crippen LogP contribution in [0.4, 0.5) is 21.0 Å². The van der Waals surface area contributed by atoms with Crippen molar-refractivity contribution in [3.8, 4) is 5.75 Å². The molecule has 130 valence electrons. The lowest BCUT2D eigenvalue weighted by Gasteiger charge is -2.15. The summed E-state index contributed by atoms with van der Waals surface area (Å²) in [7, 11) is 1.29. The van der Waals surface area contributed by atoms with Crippen LogP contribution in [0.3, 0.4) is 0 Å². The first-order valence-electron chi connectivity index (χ1n) is 7.90. The smallest absolute Gasteiger partial charge is 0.411 e. The van der Waals surface area contributed by atoms with Gasteiger partial charge >= 0.3 is 12.1 Å². The van der Waals surface area contributed by atoms with Gasteiger partial charge in [-0.25, -0.2) is 9.59 Å². The highest BCUT2D eigenvalue weighted by Gasteiger charge is 2.25. The summed E-state index contributed by atoms with van der Waals surface area (Å²) in [5, 5.41) is 18.1. The molecule has 1 atom stereocenters. The Morgan fingerprint density at radius 3 is 2.44 bits per heavy atom. The van der Waals surface area contributed by atoms with E-state index in [1.165, 1.54) is 7.11 Å². The number of ether oxygens (including phenoxy) is 1. The van der Waals surface area contributed by atoms with Crippen molar-refractivity contribution in [1.82, 2.24) is 5.32 Å². The summed E-state index contributed by atoms with van der Waals surface area (Å²) in [5.74, 6) is 0.274. The van der Waals surface area contributed by atoms with Crippen molar-refractivity contribution in [3.63, 3.8) is 0 Å². The Balaban J connectivity index is 1.59. The van der Waals surface area contributed by atoms with Crippen molar-refractivity contribution in [2.24, 2.45) is 0 Å². The number of aromatic hydroxyl groups is 1. The van der Waals surface area contributed by atoms with Gasteiger partial charge in [0, 0.05) is 11.4 Å². The predicted molar refractivity (Wildman–Crippen MR) is 93.8 cm³/mol. The van der Waals surface area contributed by atoms with Crippen molar-refractivity contribution in [2.45, 2.75) is 18.9 Å². The molecule has 0 heterocycles. The molecular formula is C18H19N3O4. The van der Waals surface area contributed by atoms with E-state index in [1.54, 1.807) is 36.4 Å². The first-order valence-corrected chi connectivity index (χ1v) is 7.90. The van der Waals surface area contributed by atoms with Gasteiger partial charge in [0.15, 0.2) is 0 Å². The van der Waals surface area contributed by atoms with Crippen LogP contribution in [0.15, 0.2) is 42.5 Å². The first kappa shape index (κ1) is 16.6. The summed E-state index contributed by atoms with van der Waals surface area (Å²) >= 11 is 0. The molecule has 1 aliphatic rings. The highest BCUT2D eigenvalue weighted by Crippen LogP contribution is 2.36.